The maximum atomic E-state index is 2.37. The predicted molar refractivity (Wildman–Crippen MR) is 46.0 cm³/mol. The van der Waals surface area contributed by atoms with Crippen LogP contribution in [0.4, 0.5) is 0 Å². The Labute approximate surface area is 64.3 Å². The lowest BCUT2D eigenvalue weighted by Gasteiger charge is -2.03. The van der Waals surface area contributed by atoms with Crippen LogP contribution in [-0.2, 0) is 0 Å². The molecule has 0 aromatic heterocycles. The van der Waals surface area contributed by atoms with Crippen LogP contribution >= 0.6 is 0 Å². The molecule has 1 fully saturated rings. The van der Waals surface area contributed by atoms with Crippen molar-refractivity contribution in [2.24, 2.45) is 5.92 Å². The minimum Gasteiger partial charge on any atom is -0.0885 e. The molecule has 1 aliphatic rings. The molecular weight excluding hydrogens is 120 g/mol. The van der Waals surface area contributed by atoms with Crippen LogP contribution in [-0.4, -0.2) is 0 Å². The van der Waals surface area contributed by atoms with Gasteiger partial charge in [-0.2, -0.15) is 0 Å². The topological polar surface area (TPSA) is 0 Å². The van der Waals surface area contributed by atoms with Crippen LogP contribution in [0.2, 0.25) is 0 Å². The van der Waals surface area contributed by atoms with Crippen LogP contribution in [0.3, 0.4) is 0 Å². The summed E-state index contributed by atoms with van der Waals surface area (Å²) >= 11 is 0. The Kier molecular flexibility index (Phi) is 2.98. The third-order valence-electron chi connectivity index (χ3n) is 2.56. The van der Waals surface area contributed by atoms with Crippen LogP contribution in [0.5, 0.6) is 0 Å². The monoisotopic (exact) mass is 138 g/mol. The standard InChI is InChI=1S/C10H18/c1-3-10-6-4-5-9(2)7-8-10/h3,9H,4-8H2,1-2H3/b10-3-. The van der Waals surface area contributed by atoms with Crippen molar-refractivity contribution < 1.29 is 0 Å². The highest BCUT2D eigenvalue weighted by atomic mass is 14.1. The third kappa shape index (κ3) is 2.17. The summed E-state index contributed by atoms with van der Waals surface area (Å²) < 4.78 is 0. The van der Waals surface area contributed by atoms with Gasteiger partial charge >= 0.3 is 0 Å². The van der Waals surface area contributed by atoms with E-state index in [0.29, 0.717) is 0 Å². The van der Waals surface area contributed by atoms with Crippen LogP contribution in [0.25, 0.3) is 0 Å². The molecule has 0 spiro atoms. The molecule has 0 aromatic carbocycles. The summed E-state index contributed by atoms with van der Waals surface area (Å²) in [4.78, 5) is 0. The van der Waals surface area contributed by atoms with Crippen molar-refractivity contribution in [1.29, 1.82) is 0 Å². The van der Waals surface area contributed by atoms with Gasteiger partial charge in [0.05, 0.1) is 0 Å². The number of hydrogen-bond donors (Lipinski definition) is 0. The molecular formula is C10H18. The second-order valence-corrected chi connectivity index (χ2v) is 3.48. The SMILES string of the molecule is C/C=C1/CCCC(C)CC1. The van der Waals surface area contributed by atoms with Gasteiger partial charge in [-0.25, -0.2) is 0 Å². The highest BCUT2D eigenvalue weighted by Crippen LogP contribution is 2.25. The summed E-state index contributed by atoms with van der Waals surface area (Å²) in [7, 11) is 0. The van der Waals surface area contributed by atoms with Crippen LogP contribution in [0.15, 0.2) is 11.6 Å². The smallest absolute Gasteiger partial charge is 0.0318 e. The van der Waals surface area contributed by atoms with Crippen molar-refractivity contribution in [2.45, 2.75) is 46.0 Å². The molecule has 1 aliphatic carbocycles. The Hall–Kier alpha value is -0.260. The Bertz CT molecular complexity index is 122. The number of rotatable bonds is 0. The van der Waals surface area contributed by atoms with Crippen molar-refractivity contribution in [3.05, 3.63) is 11.6 Å². The predicted octanol–water partition coefficient (Wildman–Crippen LogP) is 3.53. The van der Waals surface area contributed by atoms with Gasteiger partial charge in [0.25, 0.3) is 0 Å². The lowest BCUT2D eigenvalue weighted by Crippen LogP contribution is -1.89. The van der Waals surface area contributed by atoms with E-state index in [9.17, 15) is 0 Å². The van der Waals surface area contributed by atoms with Crippen molar-refractivity contribution in [2.75, 3.05) is 0 Å². The summed E-state index contributed by atoms with van der Waals surface area (Å²) in [6.45, 7) is 4.55. The molecule has 1 atom stereocenters. The molecule has 0 saturated heterocycles. The first-order valence-corrected chi connectivity index (χ1v) is 4.47. The molecule has 1 saturated carbocycles. The minimum absolute atomic E-state index is 0.970. The van der Waals surface area contributed by atoms with Gasteiger partial charge in [-0.3, -0.25) is 0 Å². The van der Waals surface area contributed by atoms with Gasteiger partial charge in [-0.1, -0.05) is 25.0 Å². The van der Waals surface area contributed by atoms with Crippen molar-refractivity contribution >= 4 is 0 Å². The minimum atomic E-state index is 0.970. The third-order valence-corrected chi connectivity index (χ3v) is 2.56. The summed E-state index contributed by atoms with van der Waals surface area (Å²) in [6.07, 6.45) is 9.30. The first-order chi connectivity index (χ1) is 4.83. The molecule has 0 amide bonds. The zero-order valence-corrected chi connectivity index (χ0v) is 7.19. The fourth-order valence-corrected chi connectivity index (χ4v) is 1.67. The molecule has 1 rings (SSSR count). The van der Waals surface area contributed by atoms with Gasteiger partial charge in [0.15, 0.2) is 0 Å². The maximum absolute atomic E-state index is 2.37. The largest absolute Gasteiger partial charge is 0.0885 e. The molecule has 0 heteroatoms. The van der Waals surface area contributed by atoms with E-state index < -0.39 is 0 Å². The molecule has 58 valence electrons. The first kappa shape index (κ1) is 7.84. The summed E-state index contributed by atoms with van der Waals surface area (Å²) in [6, 6.07) is 0. The summed E-state index contributed by atoms with van der Waals surface area (Å²) in [5.41, 5.74) is 1.68. The average molecular weight is 138 g/mol. The molecule has 0 N–H and O–H groups in total. The number of hydrogen-bond acceptors (Lipinski definition) is 0. The van der Waals surface area contributed by atoms with Crippen LogP contribution in [0, 0.1) is 5.92 Å². The Morgan fingerprint density at radius 2 is 2.10 bits per heavy atom. The normalized spacial score (nSPS) is 32.2. The Balaban J connectivity index is 2.41. The fraction of sp³-hybridized carbons (Fsp3) is 0.800. The molecule has 0 radical (unpaired) electrons. The maximum Gasteiger partial charge on any atom is -0.0318 e. The highest BCUT2D eigenvalue weighted by Gasteiger charge is 2.08. The summed E-state index contributed by atoms with van der Waals surface area (Å²) in [5, 5.41) is 0. The number of allylic oxidation sites excluding steroid dienone is 2. The van der Waals surface area contributed by atoms with E-state index in [1.54, 1.807) is 5.57 Å². The van der Waals surface area contributed by atoms with Gasteiger partial charge < -0.3 is 0 Å². The van der Waals surface area contributed by atoms with Gasteiger partial charge in [0.1, 0.15) is 0 Å². The molecule has 0 heterocycles. The van der Waals surface area contributed by atoms with E-state index in [4.69, 9.17) is 0 Å². The van der Waals surface area contributed by atoms with Crippen molar-refractivity contribution in [1.82, 2.24) is 0 Å². The molecule has 0 aliphatic heterocycles. The van der Waals surface area contributed by atoms with Crippen molar-refractivity contribution in [3.8, 4) is 0 Å². The second kappa shape index (κ2) is 3.80. The zero-order valence-electron chi connectivity index (χ0n) is 7.19. The van der Waals surface area contributed by atoms with E-state index in [2.05, 4.69) is 19.9 Å². The molecule has 1 unspecified atom stereocenters. The lowest BCUT2D eigenvalue weighted by atomic mass is 10.0. The van der Waals surface area contributed by atoms with Crippen LogP contribution < -0.4 is 0 Å². The van der Waals surface area contributed by atoms with Gasteiger partial charge in [-0.15, -0.1) is 0 Å². The van der Waals surface area contributed by atoms with E-state index in [-0.39, 0.29) is 0 Å². The second-order valence-electron chi connectivity index (χ2n) is 3.48. The van der Waals surface area contributed by atoms with Crippen LogP contribution in [0.1, 0.15) is 46.0 Å². The van der Waals surface area contributed by atoms with E-state index in [1.807, 2.05) is 0 Å². The molecule has 0 nitrogen and oxygen atoms in total. The summed E-state index contributed by atoms with van der Waals surface area (Å²) in [5.74, 6) is 0.970. The highest BCUT2D eigenvalue weighted by molar-refractivity contribution is 5.01. The van der Waals surface area contributed by atoms with E-state index in [1.165, 1.54) is 32.1 Å². The molecule has 0 aromatic rings. The lowest BCUT2D eigenvalue weighted by molar-refractivity contribution is 0.507. The van der Waals surface area contributed by atoms with Gasteiger partial charge in [0.2, 0.25) is 0 Å². The molecule has 10 heavy (non-hydrogen) atoms. The zero-order chi connectivity index (χ0) is 7.40. The van der Waals surface area contributed by atoms with Gasteiger partial charge in [0, 0.05) is 0 Å². The van der Waals surface area contributed by atoms with E-state index >= 15 is 0 Å². The quantitative estimate of drug-likeness (QED) is 0.355. The van der Waals surface area contributed by atoms with Crippen molar-refractivity contribution in [3.63, 3.8) is 0 Å². The average Bonchev–Trinajstić information content (AvgIpc) is 2.14. The van der Waals surface area contributed by atoms with Gasteiger partial charge in [-0.05, 0) is 38.5 Å². The fourth-order valence-electron chi connectivity index (χ4n) is 1.67. The Morgan fingerprint density at radius 3 is 2.80 bits per heavy atom. The molecule has 0 bridgehead atoms. The first-order valence-electron chi connectivity index (χ1n) is 4.47. The Morgan fingerprint density at radius 1 is 1.30 bits per heavy atom. The van der Waals surface area contributed by atoms with E-state index in [0.717, 1.165) is 5.92 Å².